The second-order valence-electron chi connectivity index (χ2n) is 5.11. The summed E-state index contributed by atoms with van der Waals surface area (Å²) in [5.41, 5.74) is 1.90. The first kappa shape index (κ1) is 14.1. The molecule has 0 aliphatic heterocycles. The predicted molar refractivity (Wildman–Crippen MR) is 80.6 cm³/mol. The predicted octanol–water partition coefficient (Wildman–Crippen LogP) is 1.80. The molecule has 0 aliphatic carbocycles. The van der Waals surface area contributed by atoms with Crippen LogP contribution in [0.4, 0.5) is 5.82 Å². The van der Waals surface area contributed by atoms with Gasteiger partial charge in [-0.25, -0.2) is 14.2 Å². The van der Waals surface area contributed by atoms with E-state index in [0.717, 1.165) is 0 Å². The first-order valence-corrected chi connectivity index (χ1v) is 6.74. The Morgan fingerprint density at radius 1 is 1.36 bits per heavy atom. The highest BCUT2D eigenvalue weighted by molar-refractivity contribution is 5.93. The van der Waals surface area contributed by atoms with Gasteiger partial charge in [-0.1, -0.05) is 5.10 Å². The number of carboxylic acids is 1. The summed E-state index contributed by atoms with van der Waals surface area (Å²) in [7, 11) is 1.50. The monoisotopic (exact) mass is 301 g/mol. The number of anilines is 1. The average molecular weight is 301 g/mol. The molecule has 0 aliphatic rings. The standard InChI is InChI=1S/C14H15N5O3/c1-7(2)15-11-12-17-18-14(22-3)19(12)10-5-4-8(13(20)21)6-9(10)16-11/h4-7H,1-3H3,(H,15,16)(H,20,21). The van der Waals surface area contributed by atoms with Crippen molar-refractivity contribution >= 4 is 28.5 Å². The molecule has 22 heavy (non-hydrogen) atoms. The van der Waals surface area contributed by atoms with Gasteiger partial charge in [0.05, 0.1) is 23.7 Å². The van der Waals surface area contributed by atoms with Crippen LogP contribution in [0.1, 0.15) is 24.2 Å². The summed E-state index contributed by atoms with van der Waals surface area (Å²) in [6, 6.07) is 5.16. The molecule has 2 aromatic heterocycles. The van der Waals surface area contributed by atoms with Gasteiger partial charge in [0.25, 0.3) is 0 Å². The molecule has 0 bridgehead atoms. The fraction of sp³-hybridized carbons (Fsp3) is 0.286. The van der Waals surface area contributed by atoms with Crippen LogP contribution in [-0.2, 0) is 0 Å². The SMILES string of the molecule is COc1nnc2c(NC(C)C)nc3cc(C(=O)O)ccc3n12. The maximum absolute atomic E-state index is 11.1. The van der Waals surface area contributed by atoms with E-state index in [1.54, 1.807) is 10.5 Å². The Balaban J connectivity index is 2.37. The van der Waals surface area contributed by atoms with Crippen LogP contribution in [0, 0.1) is 0 Å². The van der Waals surface area contributed by atoms with Crippen LogP contribution in [0.3, 0.4) is 0 Å². The summed E-state index contributed by atoms with van der Waals surface area (Å²) in [5.74, 6) is -0.473. The van der Waals surface area contributed by atoms with Crippen LogP contribution >= 0.6 is 0 Å². The van der Waals surface area contributed by atoms with E-state index in [-0.39, 0.29) is 11.6 Å². The van der Waals surface area contributed by atoms with Crippen LogP contribution in [-0.4, -0.2) is 43.8 Å². The molecule has 0 atom stereocenters. The lowest BCUT2D eigenvalue weighted by Crippen LogP contribution is -2.13. The number of benzene rings is 1. The number of rotatable bonds is 4. The zero-order chi connectivity index (χ0) is 15.9. The number of methoxy groups -OCH3 is 1. The fourth-order valence-electron chi connectivity index (χ4n) is 2.25. The molecule has 0 radical (unpaired) electrons. The van der Waals surface area contributed by atoms with Crippen molar-refractivity contribution in [2.24, 2.45) is 0 Å². The van der Waals surface area contributed by atoms with Crippen molar-refractivity contribution in [3.05, 3.63) is 23.8 Å². The van der Waals surface area contributed by atoms with Crippen molar-refractivity contribution in [1.29, 1.82) is 0 Å². The second kappa shape index (κ2) is 5.14. The van der Waals surface area contributed by atoms with Crippen molar-refractivity contribution < 1.29 is 14.6 Å². The normalized spacial score (nSPS) is 11.3. The summed E-state index contributed by atoms with van der Waals surface area (Å²) in [4.78, 5) is 15.6. The van der Waals surface area contributed by atoms with E-state index in [2.05, 4.69) is 20.5 Å². The van der Waals surface area contributed by atoms with Crippen molar-refractivity contribution in [2.45, 2.75) is 19.9 Å². The van der Waals surface area contributed by atoms with Crippen molar-refractivity contribution in [2.75, 3.05) is 12.4 Å². The first-order valence-electron chi connectivity index (χ1n) is 6.74. The highest BCUT2D eigenvalue weighted by atomic mass is 16.5. The largest absolute Gasteiger partial charge is 0.478 e. The minimum atomic E-state index is -1.00. The highest BCUT2D eigenvalue weighted by Crippen LogP contribution is 2.25. The molecule has 0 amide bonds. The number of aromatic carboxylic acids is 1. The molecular formula is C14H15N5O3. The van der Waals surface area contributed by atoms with Gasteiger partial charge in [-0.15, -0.1) is 5.10 Å². The summed E-state index contributed by atoms with van der Waals surface area (Å²) in [5, 5.41) is 20.4. The van der Waals surface area contributed by atoms with Crippen molar-refractivity contribution in [3.63, 3.8) is 0 Å². The Hall–Kier alpha value is -2.90. The zero-order valence-corrected chi connectivity index (χ0v) is 12.4. The van der Waals surface area contributed by atoms with Gasteiger partial charge in [-0.05, 0) is 32.0 Å². The van der Waals surface area contributed by atoms with Crippen molar-refractivity contribution in [1.82, 2.24) is 19.6 Å². The Labute approximate surface area is 125 Å². The van der Waals surface area contributed by atoms with Crippen LogP contribution in [0.2, 0.25) is 0 Å². The quantitative estimate of drug-likeness (QED) is 0.757. The summed E-state index contributed by atoms with van der Waals surface area (Å²) in [6.07, 6.45) is 0. The molecule has 0 fully saturated rings. The second-order valence-corrected chi connectivity index (χ2v) is 5.11. The van der Waals surface area contributed by atoms with Crippen LogP contribution < -0.4 is 10.1 Å². The van der Waals surface area contributed by atoms with E-state index in [0.29, 0.717) is 28.5 Å². The molecule has 1 aromatic carbocycles. The van der Waals surface area contributed by atoms with Gasteiger partial charge in [0.2, 0.25) is 5.65 Å². The van der Waals surface area contributed by atoms with Gasteiger partial charge in [-0.2, -0.15) is 0 Å². The van der Waals surface area contributed by atoms with Gasteiger partial charge >= 0.3 is 12.0 Å². The zero-order valence-electron chi connectivity index (χ0n) is 12.4. The molecule has 8 heteroatoms. The minimum absolute atomic E-state index is 0.138. The Kier molecular flexibility index (Phi) is 3.28. The van der Waals surface area contributed by atoms with Gasteiger partial charge < -0.3 is 15.2 Å². The number of aromatic nitrogens is 4. The van der Waals surface area contributed by atoms with Gasteiger partial charge in [0.1, 0.15) is 0 Å². The molecule has 0 saturated heterocycles. The summed E-state index contributed by atoms with van der Waals surface area (Å²) in [6.45, 7) is 3.95. The summed E-state index contributed by atoms with van der Waals surface area (Å²) < 4.78 is 6.94. The third-order valence-corrected chi connectivity index (χ3v) is 3.15. The molecule has 0 saturated carbocycles. The topological polar surface area (TPSA) is 102 Å². The van der Waals surface area contributed by atoms with Crippen LogP contribution in [0.25, 0.3) is 16.7 Å². The van der Waals surface area contributed by atoms with Gasteiger partial charge in [0, 0.05) is 6.04 Å². The lowest BCUT2D eigenvalue weighted by molar-refractivity contribution is 0.0697. The Morgan fingerprint density at radius 3 is 2.77 bits per heavy atom. The third kappa shape index (κ3) is 2.18. The molecule has 114 valence electrons. The molecule has 2 heterocycles. The third-order valence-electron chi connectivity index (χ3n) is 3.15. The number of nitrogens with zero attached hydrogens (tertiary/aromatic N) is 4. The number of nitrogens with one attached hydrogen (secondary N) is 1. The number of ether oxygens (including phenoxy) is 1. The van der Waals surface area contributed by atoms with Gasteiger partial charge in [0.15, 0.2) is 5.82 Å². The lowest BCUT2D eigenvalue weighted by Gasteiger charge is -2.12. The smallest absolute Gasteiger partial charge is 0.335 e. The van der Waals surface area contributed by atoms with Crippen LogP contribution in [0.15, 0.2) is 18.2 Å². The van der Waals surface area contributed by atoms with E-state index in [9.17, 15) is 4.79 Å². The number of carbonyl (C=O) groups is 1. The number of hydrogen-bond donors (Lipinski definition) is 2. The highest BCUT2D eigenvalue weighted by Gasteiger charge is 2.17. The van der Waals surface area contributed by atoms with Gasteiger partial charge in [-0.3, -0.25) is 0 Å². The maximum Gasteiger partial charge on any atom is 0.335 e. The van der Waals surface area contributed by atoms with Crippen molar-refractivity contribution in [3.8, 4) is 6.01 Å². The molecule has 0 spiro atoms. The van der Waals surface area contributed by atoms with E-state index < -0.39 is 5.97 Å². The Morgan fingerprint density at radius 2 is 2.14 bits per heavy atom. The maximum atomic E-state index is 11.1. The van der Waals surface area contributed by atoms with E-state index in [4.69, 9.17) is 9.84 Å². The number of carboxylic acid groups (broad SMARTS) is 1. The van der Waals surface area contributed by atoms with E-state index >= 15 is 0 Å². The number of hydrogen-bond acceptors (Lipinski definition) is 6. The summed E-state index contributed by atoms with van der Waals surface area (Å²) >= 11 is 0. The first-order chi connectivity index (χ1) is 10.5. The minimum Gasteiger partial charge on any atom is -0.478 e. The average Bonchev–Trinajstić information content (AvgIpc) is 2.90. The van der Waals surface area contributed by atoms with Crippen LogP contribution in [0.5, 0.6) is 6.01 Å². The molecule has 0 unspecified atom stereocenters. The lowest BCUT2D eigenvalue weighted by atomic mass is 10.2. The van der Waals surface area contributed by atoms with E-state index in [1.165, 1.54) is 19.2 Å². The van der Waals surface area contributed by atoms with E-state index in [1.807, 2.05) is 13.8 Å². The number of fused-ring (bicyclic) bond motifs is 3. The molecular weight excluding hydrogens is 286 g/mol. The molecule has 3 aromatic rings. The molecule has 8 nitrogen and oxygen atoms in total. The Bertz CT molecular complexity index is 872. The fourth-order valence-corrected chi connectivity index (χ4v) is 2.25. The molecule has 2 N–H and O–H groups in total. The molecule has 3 rings (SSSR count).